The number of hydrogen-bond acceptors (Lipinski definition) is 2. The molecule has 1 atom stereocenters. The highest BCUT2D eigenvalue weighted by atomic mass is 35.5. The molecule has 0 fully saturated rings. The summed E-state index contributed by atoms with van der Waals surface area (Å²) in [7, 11) is 0. The second-order valence-electron chi connectivity index (χ2n) is 4.45. The van der Waals surface area contributed by atoms with Gasteiger partial charge in [-0.3, -0.25) is 0 Å². The van der Waals surface area contributed by atoms with Gasteiger partial charge in [-0.1, -0.05) is 41.4 Å². The molecule has 0 bridgehead atoms. The SMILES string of the molecule is CC(NCc1cccc(O)c1)c1ccc(Cl)c(Cl)c1. The molecule has 0 aromatic heterocycles. The first-order valence-corrected chi connectivity index (χ1v) is 6.78. The third kappa shape index (κ3) is 3.87. The van der Waals surface area contributed by atoms with Gasteiger partial charge in [0.25, 0.3) is 0 Å². The van der Waals surface area contributed by atoms with E-state index in [2.05, 4.69) is 12.2 Å². The van der Waals surface area contributed by atoms with Crippen LogP contribution in [0, 0.1) is 0 Å². The molecular weight excluding hydrogens is 281 g/mol. The molecule has 0 aliphatic carbocycles. The maximum atomic E-state index is 9.40. The molecule has 19 heavy (non-hydrogen) atoms. The molecule has 0 aliphatic heterocycles. The Balaban J connectivity index is 2.01. The van der Waals surface area contributed by atoms with E-state index in [-0.39, 0.29) is 11.8 Å². The van der Waals surface area contributed by atoms with Gasteiger partial charge >= 0.3 is 0 Å². The number of rotatable bonds is 4. The first-order chi connectivity index (χ1) is 9.06. The minimum absolute atomic E-state index is 0.150. The van der Waals surface area contributed by atoms with Crippen LogP contribution in [0.4, 0.5) is 0 Å². The predicted octanol–water partition coefficient (Wildman–Crippen LogP) is 4.55. The highest BCUT2D eigenvalue weighted by Crippen LogP contribution is 2.25. The molecule has 2 aromatic rings. The van der Waals surface area contributed by atoms with Crippen LogP contribution < -0.4 is 5.32 Å². The molecular formula is C15H15Cl2NO. The van der Waals surface area contributed by atoms with Gasteiger partial charge in [-0.05, 0) is 42.3 Å². The Morgan fingerprint density at radius 3 is 2.58 bits per heavy atom. The van der Waals surface area contributed by atoms with Gasteiger partial charge < -0.3 is 10.4 Å². The van der Waals surface area contributed by atoms with Crippen molar-refractivity contribution in [2.45, 2.75) is 19.5 Å². The highest BCUT2D eigenvalue weighted by molar-refractivity contribution is 6.42. The zero-order valence-electron chi connectivity index (χ0n) is 10.5. The van der Waals surface area contributed by atoms with Crippen molar-refractivity contribution in [2.75, 3.05) is 0 Å². The zero-order chi connectivity index (χ0) is 13.8. The van der Waals surface area contributed by atoms with Gasteiger partial charge in [0.15, 0.2) is 0 Å². The van der Waals surface area contributed by atoms with Crippen LogP contribution in [0.25, 0.3) is 0 Å². The molecule has 0 spiro atoms. The standard InChI is InChI=1S/C15H15Cl2NO/c1-10(12-5-6-14(16)15(17)8-12)18-9-11-3-2-4-13(19)7-11/h2-8,10,18-19H,9H2,1H3. The summed E-state index contributed by atoms with van der Waals surface area (Å²) in [6, 6.07) is 13.0. The van der Waals surface area contributed by atoms with E-state index >= 15 is 0 Å². The Hall–Kier alpha value is -1.22. The average Bonchev–Trinajstić information content (AvgIpc) is 2.39. The van der Waals surface area contributed by atoms with Crippen LogP contribution in [0.15, 0.2) is 42.5 Å². The third-order valence-corrected chi connectivity index (χ3v) is 3.71. The monoisotopic (exact) mass is 295 g/mol. The predicted molar refractivity (Wildman–Crippen MR) is 79.8 cm³/mol. The minimum Gasteiger partial charge on any atom is -0.508 e. The topological polar surface area (TPSA) is 32.3 Å². The molecule has 0 saturated carbocycles. The zero-order valence-corrected chi connectivity index (χ0v) is 12.0. The lowest BCUT2D eigenvalue weighted by Gasteiger charge is -2.15. The Kier molecular flexibility index (Phi) is 4.70. The molecule has 2 aromatic carbocycles. The molecule has 2 rings (SSSR count). The van der Waals surface area contributed by atoms with Gasteiger partial charge in [0.05, 0.1) is 10.0 Å². The van der Waals surface area contributed by atoms with E-state index in [4.69, 9.17) is 23.2 Å². The summed E-state index contributed by atoms with van der Waals surface area (Å²) in [5.41, 5.74) is 2.11. The van der Waals surface area contributed by atoms with Gasteiger partial charge in [0.1, 0.15) is 5.75 Å². The fourth-order valence-electron chi connectivity index (χ4n) is 1.84. The van der Waals surface area contributed by atoms with Crippen LogP contribution in [0.5, 0.6) is 5.75 Å². The number of aromatic hydroxyl groups is 1. The van der Waals surface area contributed by atoms with E-state index in [1.165, 1.54) is 0 Å². The second-order valence-corrected chi connectivity index (χ2v) is 5.26. The van der Waals surface area contributed by atoms with Crippen molar-refractivity contribution >= 4 is 23.2 Å². The second kappa shape index (κ2) is 6.29. The van der Waals surface area contributed by atoms with Crippen molar-refractivity contribution < 1.29 is 5.11 Å². The van der Waals surface area contributed by atoms with E-state index in [1.807, 2.05) is 24.3 Å². The van der Waals surface area contributed by atoms with Crippen LogP contribution in [0.1, 0.15) is 24.1 Å². The fourth-order valence-corrected chi connectivity index (χ4v) is 2.14. The van der Waals surface area contributed by atoms with Crippen molar-refractivity contribution in [1.29, 1.82) is 0 Å². The lowest BCUT2D eigenvalue weighted by Crippen LogP contribution is -2.18. The largest absolute Gasteiger partial charge is 0.508 e. The summed E-state index contributed by atoms with van der Waals surface area (Å²) >= 11 is 11.9. The highest BCUT2D eigenvalue weighted by Gasteiger charge is 2.07. The summed E-state index contributed by atoms with van der Waals surface area (Å²) in [5, 5.41) is 13.9. The van der Waals surface area contributed by atoms with Crippen molar-refractivity contribution in [3.63, 3.8) is 0 Å². The molecule has 0 amide bonds. The maximum Gasteiger partial charge on any atom is 0.115 e. The Morgan fingerprint density at radius 1 is 1.11 bits per heavy atom. The van der Waals surface area contributed by atoms with Crippen LogP contribution in [-0.2, 0) is 6.54 Å². The normalized spacial score (nSPS) is 12.4. The molecule has 1 unspecified atom stereocenters. The molecule has 4 heteroatoms. The van der Waals surface area contributed by atoms with Gasteiger partial charge in [0, 0.05) is 12.6 Å². The molecule has 0 saturated heterocycles. The van der Waals surface area contributed by atoms with Crippen molar-refractivity contribution in [1.82, 2.24) is 5.32 Å². The lowest BCUT2D eigenvalue weighted by atomic mass is 10.1. The van der Waals surface area contributed by atoms with Crippen LogP contribution in [-0.4, -0.2) is 5.11 Å². The van der Waals surface area contributed by atoms with E-state index in [1.54, 1.807) is 18.2 Å². The smallest absolute Gasteiger partial charge is 0.115 e. The quantitative estimate of drug-likeness (QED) is 0.867. The van der Waals surface area contributed by atoms with E-state index < -0.39 is 0 Å². The summed E-state index contributed by atoms with van der Waals surface area (Å²) < 4.78 is 0. The maximum absolute atomic E-state index is 9.40. The molecule has 2 N–H and O–H groups in total. The molecule has 100 valence electrons. The minimum atomic E-state index is 0.150. The molecule has 0 radical (unpaired) electrons. The van der Waals surface area contributed by atoms with E-state index in [0.717, 1.165) is 11.1 Å². The van der Waals surface area contributed by atoms with E-state index in [9.17, 15) is 5.11 Å². The fraction of sp³-hybridized carbons (Fsp3) is 0.200. The van der Waals surface area contributed by atoms with Gasteiger partial charge in [-0.25, -0.2) is 0 Å². The van der Waals surface area contributed by atoms with Crippen molar-refractivity contribution in [3.8, 4) is 5.75 Å². The first-order valence-electron chi connectivity index (χ1n) is 6.02. The van der Waals surface area contributed by atoms with Gasteiger partial charge in [-0.15, -0.1) is 0 Å². The number of phenols is 1. The third-order valence-electron chi connectivity index (χ3n) is 2.97. The average molecular weight is 296 g/mol. The van der Waals surface area contributed by atoms with Crippen molar-refractivity contribution in [2.24, 2.45) is 0 Å². The van der Waals surface area contributed by atoms with Crippen LogP contribution in [0.3, 0.4) is 0 Å². The Morgan fingerprint density at radius 2 is 1.89 bits per heavy atom. The Bertz CT molecular complexity index is 572. The summed E-state index contributed by atoms with van der Waals surface area (Å²) in [6.07, 6.45) is 0. The van der Waals surface area contributed by atoms with Crippen LogP contribution >= 0.6 is 23.2 Å². The number of halogens is 2. The molecule has 0 heterocycles. The van der Waals surface area contributed by atoms with E-state index in [0.29, 0.717) is 16.6 Å². The summed E-state index contributed by atoms with van der Waals surface area (Å²) in [5.74, 6) is 0.279. The molecule has 2 nitrogen and oxygen atoms in total. The van der Waals surface area contributed by atoms with Crippen LogP contribution in [0.2, 0.25) is 10.0 Å². The summed E-state index contributed by atoms with van der Waals surface area (Å²) in [4.78, 5) is 0. The summed E-state index contributed by atoms with van der Waals surface area (Å²) in [6.45, 7) is 2.73. The van der Waals surface area contributed by atoms with Crippen molar-refractivity contribution in [3.05, 3.63) is 63.6 Å². The van der Waals surface area contributed by atoms with Gasteiger partial charge in [0.2, 0.25) is 0 Å². The van der Waals surface area contributed by atoms with Gasteiger partial charge in [-0.2, -0.15) is 0 Å². The lowest BCUT2D eigenvalue weighted by molar-refractivity contribution is 0.473. The number of nitrogens with one attached hydrogen (secondary N) is 1. The molecule has 0 aliphatic rings. The Labute approximate surface area is 123 Å². The number of benzene rings is 2. The number of phenolic OH excluding ortho intramolecular Hbond substituents is 1. The number of hydrogen-bond donors (Lipinski definition) is 2. The first kappa shape index (κ1) is 14.2.